The molecule has 3 aromatic heterocycles. The third-order valence-electron chi connectivity index (χ3n) is 4.96. The lowest BCUT2D eigenvalue weighted by atomic mass is 10.1. The molecule has 4 heterocycles. The van der Waals surface area contributed by atoms with Crippen LogP contribution < -0.4 is 10.1 Å². The fourth-order valence-corrected chi connectivity index (χ4v) is 3.53. The molecule has 0 unspecified atom stereocenters. The van der Waals surface area contributed by atoms with E-state index in [0.29, 0.717) is 22.5 Å². The molecule has 0 spiro atoms. The lowest BCUT2D eigenvalue weighted by molar-refractivity contribution is -0.148. The van der Waals surface area contributed by atoms with Crippen LogP contribution in [-0.2, 0) is 24.3 Å². The summed E-state index contributed by atoms with van der Waals surface area (Å²) in [6.45, 7) is -1.43. The first kappa shape index (κ1) is 24.4. The first-order chi connectivity index (χ1) is 16.6. The van der Waals surface area contributed by atoms with Gasteiger partial charge in [0, 0.05) is 30.1 Å². The summed E-state index contributed by atoms with van der Waals surface area (Å²) in [6, 6.07) is 2.86. The molecule has 2 amide bonds. The number of ether oxygens (including phenoxy) is 1. The number of anilines is 1. The Morgan fingerprint density at radius 2 is 2.11 bits per heavy atom. The van der Waals surface area contributed by atoms with Gasteiger partial charge in [0.05, 0.1) is 19.2 Å². The Kier molecular flexibility index (Phi) is 6.87. The van der Waals surface area contributed by atoms with Gasteiger partial charge in [-0.1, -0.05) is 11.6 Å². The number of nitrogens with zero attached hydrogens (tertiary/aromatic N) is 4. The van der Waals surface area contributed by atoms with Crippen molar-refractivity contribution in [2.75, 3.05) is 11.9 Å². The van der Waals surface area contributed by atoms with E-state index in [1.54, 1.807) is 0 Å². The third kappa shape index (κ3) is 5.50. The lowest BCUT2D eigenvalue weighted by Gasteiger charge is -2.18. The average Bonchev–Trinajstić information content (AvgIpc) is 3.42. The van der Waals surface area contributed by atoms with Crippen molar-refractivity contribution < 1.29 is 36.3 Å². The van der Waals surface area contributed by atoms with Gasteiger partial charge in [0.2, 0.25) is 11.8 Å². The second-order valence-corrected chi connectivity index (χ2v) is 7.93. The summed E-state index contributed by atoms with van der Waals surface area (Å²) in [4.78, 5) is 38.3. The predicted molar refractivity (Wildman–Crippen MR) is 112 cm³/mol. The second kappa shape index (κ2) is 9.86. The number of nitrogens with one attached hydrogen (secondary N) is 1. The van der Waals surface area contributed by atoms with Gasteiger partial charge >= 0.3 is 12.3 Å². The minimum atomic E-state index is -4.35. The van der Waals surface area contributed by atoms with Gasteiger partial charge in [-0.15, -0.1) is 0 Å². The Balaban J connectivity index is 1.42. The number of carbonyl (C=O) groups excluding carboxylic acids is 2. The molecule has 9 nitrogen and oxygen atoms in total. The monoisotopic (exact) mass is 513 g/mol. The van der Waals surface area contributed by atoms with Crippen molar-refractivity contribution in [2.24, 2.45) is 0 Å². The number of amides is 2. The minimum absolute atomic E-state index is 0.0408. The number of rotatable bonds is 9. The second-order valence-electron chi connectivity index (χ2n) is 7.52. The standard InChI is InChI=1S/C21H16ClF4N5O4/c22-15-3-11(5-29-18(15)34-9-21(25,26)20(23)24)7-31-8-14-13(19(31)33)1-2-28-17(14)30-16(32)4-12-6-27-10-35-12/h1-3,5-6,10,20H,4,7-9H2,(H,28,30,32). The summed E-state index contributed by atoms with van der Waals surface area (Å²) < 4.78 is 60.4. The molecule has 4 rings (SSSR count). The molecule has 0 saturated heterocycles. The van der Waals surface area contributed by atoms with Gasteiger partial charge in [0.15, 0.2) is 13.0 Å². The van der Waals surface area contributed by atoms with Crippen LogP contribution in [0.5, 0.6) is 5.88 Å². The van der Waals surface area contributed by atoms with Gasteiger partial charge < -0.3 is 19.4 Å². The van der Waals surface area contributed by atoms with Crippen molar-refractivity contribution in [2.45, 2.75) is 31.9 Å². The summed E-state index contributed by atoms with van der Waals surface area (Å²) in [5.41, 5.74) is 1.30. The summed E-state index contributed by atoms with van der Waals surface area (Å²) in [7, 11) is 0. The molecule has 0 aromatic carbocycles. The normalized spacial score (nSPS) is 13.3. The largest absolute Gasteiger partial charge is 0.470 e. The van der Waals surface area contributed by atoms with Gasteiger partial charge in [-0.05, 0) is 17.7 Å². The number of pyridine rings is 2. The van der Waals surface area contributed by atoms with E-state index in [-0.39, 0.29) is 36.3 Å². The van der Waals surface area contributed by atoms with Gasteiger partial charge in [-0.25, -0.2) is 23.7 Å². The van der Waals surface area contributed by atoms with E-state index in [1.165, 1.54) is 42.0 Å². The number of fused-ring (bicyclic) bond motifs is 1. The fourth-order valence-electron chi connectivity index (χ4n) is 3.29. The van der Waals surface area contributed by atoms with Crippen molar-refractivity contribution >= 4 is 29.2 Å². The molecule has 1 N–H and O–H groups in total. The first-order valence-electron chi connectivity index (χ1n) is 10.0. The van der Waals surface area contributed by atoms with Crippen LogP contribution in [0.3, 0.4) is 0 Å². The van der Waals surface area contributed by atoms with E-state index in [0.717, 1.165) is 0 Å². The van der Waals surface area contributed by atoms with Gasteiger partial charge in [0.25, 0.3) is 5.91 Å². The third-order valence-corrected chi connectivity index (χ3v) is 5.23. The maximum absolute atomic E-state index is 13.1. The summed E-state index contributed by atoms with van der Waals surface area (Å²) in [5, 5.41) is 2.47. The van der Waals surface area contributed by atoms with Crippen LogP contribution in [-0.4, -0.2) is 50.6 Å². The summed E-state index contributed by atoms with van der Waals surface area (Å²) in [5.74, 6) is -4.94. The fraction of sp³-hybridized carbons (Fsp3) is 0.286. The molecule has 14 heteroatoms. The summed E-state index contributed by atoms with van der Waals surface area (Å²) in [6.07, 6.45) is 1.28. The number of hydrogen-bond donors (Lipinski definition) is 1. The van der Waals surface area contributed by atoms with Gasteiger partial charge in [0.1, 0.15) is 16.6 Å². The van der Waals surface area contributed by atoms with Crippen molar-refractivity contribution in [3.63, 3.8) is 0 Å². The minimum Gasteiger partial charge on any atom is -0.470 e. The predicted octanol–water partition coefficient (Wildman–Crippen LogP) is 3.73. The van der Waals surface area contributed by atoms with Crippen LogP contribution in [0.15, 0.2) is 41.5 Å². The van der Waals surface area contributed by atoms with E-state index in [1.807, 2.05) is 0 Å². The number of oxazole rings is 1. The van der Waals surface area contributed by atoms with Crippen LogP contribution in [0.4, 0.5) is 23.4 Å². The molecule has 1 aliphatic rings. The molecule has 0 aliphatic carbocycles. The molecule has 35 heavy (non-hydrogen) atoms. The van der Waals surface area contributed by atoms with Crippen LogP contribution in [0.1, 0.15) is 27.2 Å². The van der Waals surface area contributed by atoms with Crippen LogP contribution in [0, 0.1) is 0 Å². The molecule has 0 fully saturated rings. The first-order valence-corrected chi connectivity index (χ1v) is 10.4. The van der Waals surface area contributed by atoms with Gasteiger partial charge in [-0.2, -0.15) is 8.78 Å². The Hall–Kier alpha value is -3.74. The number of carbonyl (C=O) groups is 2. The quantitative estimate of drug-likeness (QED) is 0.434. The zero-order chi connectivity index (χ0) is 25.2. The van der Waals surface area contributed by atoms with Crippen molar-refractivity contribution in [3.05, 3.63) is 64.6 Å². The SMILES string of the molecule is O=C(Cc1cnco1)Nc1nccc2c1CN(Cc1cnc(OCC(F)(F)C(F)F)c(Cl)c1)C2=O. The highest BCUT2D eigenvalue weighted by Gasteiger charge is 2.42. The highest BCUT2D eigenvalue weighted by molar-refractivity contribution is 6.31. The van der Waals surface area contributed by atoms with Crippen LogP contribution in [0.2, 0.25) is 5.02 Å². The van der Waals surface area contributed by atoms with Crippen molar-refractivity contribution in [3.8, 4) is 5.88 Å². The van der Waals surface area contributed by atoms with Gasteiger partial charge in [-0.3, -0.25) is 9.59 Å². The van der Waals surface area contributed by atoms with E-state index in [9.17, 15) is 27.2 Å². The smallest absolute Gasteiger partial charge is 0.340 e. The molecule has 184 valence electrons. The van der Waals surface area contributed by atoms with Crippen molar-refractivity contribution in [1.82, 2.24) is 19.9 Å². The number of hydrogen-bond acceptors (Lipinski definition) is 7. The average molecular weight is 514 g/mol. The Bertz CT molecular complexity index is 1240. The topological polar surface area (TPSA) is 110 Å². The zero-order valence-electron chi connectivity index (χ0n) is 17.7. The number of alkyl halides is 4. The molecule has 0 atom stereocenters. The van der Waals surface area contributed by atoms with E-state index in [2.05, 4.69) is 25.0 Å². The molecular formula is C21H16ClF4N5O4. The van der Waals surface area contributed by atoms with Crippen LogP contribution in [0.25, 0.3) is 0 Å². The molecule has 1 aliphatic heterocycles. The molecule has 3 aromatic rings. The Morgan fingerprint density at radius 3 is 2.80 bits per heavy atom. The molecular weight excluding hydrogens is 498 g/mol. The van der Waals surface area contributed by atoms with E-state index in [4.69, 9.17) is 16.0 Å². The highest BCUT2D eigenvalue weighted by Crippen LogP contribution is 2.31. The zero-order valence-corrected chi connectivity index (χ0v) is 18.4. The molecule has 0 bridgehead atoms. The maximum atomic E-state index is 13.1. The Morgan fingerprint density at radius 1 is 1.31 bits per heavy atom. The lowest BCUT2D eigenvalue weighted by Crippen LogP contribution is -2.34. The molecule has 0 saturated carbocycles. The Labute approximate surface area is 200 Å². The van der Waals surface area contributed by atoms with Crippen molar-refractivity contribution in [1.29, 1.82) is 0 Å². The van der Waals surface area contributed by atoms with Crippen LogP contribution >= 0.6 is 11.6 Å². The van der Waals surface area contributed by atoms with E-state index >= 15 is 0 Å². The molecule has 0 radical (unpaired) electrons. The number of aromatic nitrogens is 3. The maximum Gasteiger partial charge on any atom is 0.340 e. The van der Waals surface area contributed by atoms with E-state index < -0.39 is 30.7 Å². The summed E-state index contributed by atoms with van der Waals surface area (Å²) >= 11 is 6.00. The number of halogens is 5. The highest BCUT2D eigenvalue weighted by atomic mass is 35.5.